The van der Waals surface area contributed by atoms with Gasteiger partial charge in [0.1, 0.15) is 11.5 Å². The molecule has 0 unspecified atom stereocenters. The number of carbonyl (C=O) groups is 2. The normalized spacial score (nSPS) is 15.1. The van der Waals surface area contributed by atoms with Crippen LogP contribution in [0.3, 0.4) is 0 Å². The summed E-state index contributed by atoms with van der Waals surface area (Å²) >= 11 is 0. The van der Waals surface area contributed by atoms with Crippen LogP contribution in [0, 0.1) is 0 Å². The summed E-state index contributed by atoms with van der Waals surface area (Å²) in [5.74, 6) is 0.0236. The average molecular weight is 528 g/mol. The molecule has 0 fully saturated rings. The van der Waals surface area contributed by atoms with E-state index in [0.717, 1.165) is 25.3 Å². The smallest absolute Gasteiger partial charge is 0.409 e. The van der Waals surface area contributed by atoms with Crippen LogP contribution in [0.2, 0.25) is 0 Å². The Labute approximate surface area is 209 Å². The van der Waals surface area contributed by atoms with Gasteiger partial charge >= 0.3 is 12.4 Å². The first-order chi connectivity index (χ1) is 17.4. The van der Waals surface area contributed by atoms with Crippen molar-refractivity contribution in [1.82, 2.24) is 5.48 Å². The van der Waals surface area contributed by atoms with Crippen LogP contribution < -0.4 is 16.1 Å². The van der Waals surface area contributed by atoms with Gasteiger partial charge in [0, 0.05) is 24.1 Å². The highest BCUT2D eigenvalue weighted by molar-refractivity contribution is 6.13. The number of hydrogen-bond donors (Lipinski definition) is 2. The Bertz CT molecular complexity index is 1140. The molecular formula is C26H26F6N2O3. The fourth-order valence-corrected chi connectivity index (χ4v) is 3.95. The third kappa shape index (κ3) is 7.90. The molecule has 5 nitrogen and oxygen atoms in total. The lowest BCUT2D eigenvalue weighted by atomic mass is 9.85. The molecule has 3 rings (SSSR count). The van der Waals surface area contributed by atoms with E-state index in [4.69, 9.17) is 10.6 Å². The maximum Gasteiger partial charge on any atom is 0.416 e. The molecule has 3 N–H and O–H groups in total. The Kier molecular flexibility index (Phi) is 9.14. The molecule has 0 heterocycles. The second kappa shape index (κ2) is 11.9. The topological polar surface area (TPSA) is 81.4 Å². The maximum absolute atomic E-state index is 13.1. The Morgan fingerprint density at radius 1 is 0.946 bits per heavy atom. The molecule has 1 aliphatic carbocycles. The SMILES string of the molecule is NCC(=O)CCCCCNOc1ccc2c(c1)CC/C(=C\c1cc(C(F)(F)F)cc(C(F)(F)F)c1)C2=O. The number of nitrogens with one attached hydrogen (secondary N) is 1. The lowest BCUT2D eigenvalue weighted by Gasteiger charge is -2.19. The number of alkyl halides is 6. The Hall–Kier alpha value is -3.18. The summed E-state index contributed by atoms with van der Waals surface area (Å²) in [5.41, 5.74) is 5.96. The molecule has 200 valence electrons. The molecule has 0 spiro atoms. The first kappa shape index (κ1) is 28.4. The second-order valence-corrected chi connectivity index (χ2v) is 8.71. The van der Waals surface area contributed by atoms with Crippen LogP contribution in [0.1, 0.15) is 64.7 Å². The van der Waals surface area contributed by atoms with Crippen LogP contribution in [0.25, 0.3) is 6.08 Å². The van der Waals surface area contributed by atoms with Gasteiger partial charge in [-0.1, -0.05) is 6.42 Å². The number of benzene rings is 2. The summed E-state index contributed by atoms with van der Waals surface area (Å²) in [7, 11) is 0. The average Bonchev–Trinajstić information content (AvgIpc) is 2.83. The van der Waals surface area contributed by atoms with Crippen molar-refractivity contribution < 1.29 is 40.8 Å². The first-order valence-electron chi connectivity index (χ1n) is 11.7. The van der Waals surface area contributed by atoms with Gasteiger partial charge in [-0.2, -0.15) is 31.8 Å². The van der Waals surface area contributed by atoms with Gasteiger partial charge in [-0.3, -0.25) is 9.59 Å². The van der Waals surface area contributed by atoms with E-state index in [1.807, 2.05) is 0 Å². The van der Waals surface area contributed by atoms with Gasteiger partial charge in [0.15, 0.2) is 5.78 Å². The monoisotopic (exact) mass is 528 g/mol. The van der Waals surface area contributed by atoms with Gasteiger partial charge in [0.25, 0.3) is 0 Å². The summed E-state index contributed by atoms with van der Waals surface area (Å²) < 4.78 is 78.9. The minimum atomic E-state index is -4.97. The van der Waals surface area contributed by atoms with Crippen LogP contribution in [-0.2, 0) is 23.6 Å². The molecule has 11 heteroatoms. The van der Waals surface area contributed by atoms with Gasteiger partial charge in [-0.25, -0.2) is 0 Å². The molecule has 0 aliphatic heterocycles. The van der Waals surface area contributed by atoms with Crippen LogP contribution in [0.4, 0.5) is 26.3 Å². The number of rotatable bonds is 10. The van der Waals surface area contributed by atoms with Crippen LogP contribution in [0.15, 0.2) is 42.0 Å². The van der Waals surface area contributed by atoms with Crippen LogP contribution in [-0.4, -0.2) is 24.7 Å². The van der Waals surface area contributed by atoms with Gasteiger partial charge in [0.2, 0.25) is 0 Å². The molecule has 37 heavy (non-hydrogen) atoms. The third-order valence-electron chi connectivity index (χ3n) is 5.88. The highest BCUT2D eigenvalue weighted by atomic mass is 19.4. The van der Waals surface area contributed by atoms with E-state index in [0.29, 0.717) is 48.4 Å². The number of fused-ring (bicyclic) bond motifs is 1. The molecule has 0 radical (unpaired) electrons. The number of allylic oxidation sites excluding steroid dienone is 1. The molecular weight excluding hydrogens is 502 g/mol. The van der Waals surface area contributed by atoms with Gasteiger partial charge in [0.05, 0.1) is 17.7 Å². The lowest BCUT2D eigenvalue weighted by Crippen LogP contribution is -2.20. The molecule has 1 aliphatic rings. The standard InChI is InChI=1S/C26H26F6N2O3/c27-25(28,29)19-11-16(12-20(14-19)26(30,31)32)10-18-6-5-17-13-22(7-8-23(17)24(18)36)37-34-9-3-1-2-4-21(35)15-33/h7-8,10-14,34H,1-6,9,15,33H2/b18-10+. The zero-order valence-corrected chi connectivity index (χ0v) is 19.8. The molecule has 0 aromatic heterocycles. The number of aryl methyl sites for hydroxylation is 1. The number of carbonyl (C=O) groups excluding carboxylic acids is 2. The van der Waals surface area contributed by atoms with Crippen molar-refractivity contribution >= 4 is 17.6 Å². The predicted molar refractivity (Wildman–Crippen MR) is 125 cm³/mol. The van der Waals surface area contributed by atoms with E-state index in [1.54, 1.807) is 12.1 Å². The van der Waals surface area contributed by atoms with Crippen molar-refractivity contribution in [1.29, 1.82) is 0 Å². The summed E-state index contributed by atoms with van der Waals surface area (Å²) in [6.45, 7) is 0.584. The van der Waals surface area contributed by atoms with E-state index >= 15 is 0 Å². The van der Waals surface area contributed by atoms with Crippen molar-refractivity contribution in [3.63, 3.8) is 0 Å². The van der Waals surface area contributed by atoms with Crippen molar-refractivity contribution in [3.8, 4) is 5.75 Å². The number of nitrogens with two attached hydrogens (primary N) is 1. The second-order valence-electron chi connectivity index (χ2n) is 8.71. The Morgan fingerprint density at radius 3 is 2.24 bits per heavy atom. The summed E-state index contributed by atoms with van der Waals surface area (Å²) in [6, 6.07) is 6.00. The molecule has 2 aromatic carbocycles. The lowest BCUT2D eigenvalue weighted by molar-refractivity contribution is -0.143. The van der Waals surface area contributed by atoms with Gasteiger partial charge < -0.3 is 10.6 Å². The van der Waals surface area contributed by atoms with Crippen LogP contribution >= 0.6 is 0 Å². The predicted octanol–water partition coefficient (Wildman–Crippen LogP) is 5.91. The van der Waals surface area contributed by atoms with Crippen molar-refractivity contribution in [2.24, 2.45) is 5.73 Å². The summed E-state index contributed by atoms with van der Waals surface area (Å²) in [6.07, 6.45) is -5.53. The van der Waals surface area contributed by atoms with E-state index in [9.17, 15) is 35.9 Å². The van der Waals surface area contributed by atoms with E-state index < -0.39 is 29.3 Å². The quantitative estimate of drug-likeness (QED) is 0.174. The Balaban J connectivity index is 1.66. The fraction of sp³-hybridized carbons (Fsp3) is 0.385. The van der Waals surface area contributed by atoms with E-state index in [2.05, 4.69) is 5.48 Å². The van der Waals surface area contributed by atoms with E-state index in [-0.39, 0.29) is 36.0 Å². The fourth-order valence-electron chi connectivity index (χ4n) is 3.95. The minimum absolute atomic E-state index is 0.0201. The largest absolute Gasteiger partial charge is 0.416 e. The minimum Gasteiger partial charge on any atom is -0.409 e. The van der Waals surface area contributed by atoms with Gasteiger partial charge in [-0.15, -0.1) is 0 Å². The number of unbranched alkanes of at least 4 members (excludes halogenated alkanes) is 2. The Morgan fingerprint density at radius 2 is 1.62 bits per heavy atom. The van der Waals surface area contributed by atoms with E-state index in [1.165, 1.54) is 6.07 Å². The molecule has 2 aromatic rings. The zero-order chi connectivity index (χ0) is 27.2. The first-order valence-corrected chi connectivity index (χ1v) is 11.7. The van der Waals surface area contributed by atoms with Crippen molar-refractivity contribution in [2.45, 2.75) is 50.9 Å². The molecule has 0 saturated carbocycles. The number of hydrogen-bond acceptors (Lipinski definition) is 5. The summed E-state index contributed by atoms with van der Waals surface area (Å²) in [5, 5.41) is 0. The molecule has 0 amide bonds. The molecule has 0 saturated heterocycles. The van der Waals surface area contributed by atoms with Crippen molar-refractivity contribution in [3.05, 3.63) is 69.8 Å². The number of ketones is 2. The highest BCUT2D eigenvalue weighted by Gasteiger charge is 2.37. The molecule has 0 atom stereocenters. The zero-order valence-electron chi connectivity index (χ0n) is 19.8. The number of halogens is 6. The molecule has 0 bridgehead atoms. The highest BCUT2D eigenvalue weighted by Crippen LogP contribution is 2.37. The third-order valence-corrected chi connectivity index (χ3v) is 5.88. The summed E-state index contributed by atoms with van der Waals surface area (Å²) in [4.78, 5) is 29.6. The van der Waals surface area contributed by atoms with Crippen molar-refractivity contribution in [2.75, 3.05) is 13.1 Å². The van der Waals surface area contributed by atoms with Gasteiger partial charge in [-0.05, 0) is 79.3 Å². The number of hydroxylamine groups is 1. The number of Topliss-reactive ketones (excluding diaryl/α,β-unsaturated/α-hetero) is 2. The van der Waals surface area contributed by atoms with Crippen LogP contribution in [0.5, 0.6) is 5.75 Å². The maximum atomic E-state index is 13.1.